The molecule has 0 radical (unpaired) electrons. The van der Waals surface area contributed by atoms with Gasteiger partial charge in [0.25, 0.3) is 0 Å². The molecule has 0 spiro atoms. The molecular formula is C19H26BN3O4. The van der Waals surface area contributed by atoms with Crippen molar-refractivity contribution in [2.75, 3.05) is 26.4 Å². The molecule has 2 saturated heterocycles. The molecule has 4 rings (SSSR count). The third kappa shape index (κ3) is 4.02. The highest BCUT2D eigenvalue weighted by molar-refractivity contribution is 6.65. The lowest BCUT2D eigenvalue weighted by Gasteiger charge is -2.32. The van der Waals surface area contributed by atoms with Crippen molar-refractivity contribution in [3.05, 3.63) is 23.9 Å². The highest BCUT2D eigenvalue weighted by Gasteiger charge is 2.52. The van der Waals surface area contributed by atoms with Crippen molar-refractivity contribution >= 4 is 23.5 Å². The van der Waals surface area contributed by atoms with E-state index in [1.165, 1.54) is 0 Å². The normalized spacial score (nSPS) is 20.8. The van der Waals surface area contributed by atoms with E-state index < -0.39 is 18.3 Å². The van der Waals surface area contributed by atoms with E-state index in [1.54, 1.807) is 10.9 Å². The van der Waals surface area contributed by atoms with Crippen molar-refractivity contribution in [3.63, 3.8) is 0 Å². The molecule has 1 aromatic heterocycles. The maximum absolute atomic E-state index is 9.24. The molecule has 8 heteroatoms. The molecule has 2 fully saturated rings. The van der Waals surface area contributed by atoms with Crippen molar-refractivity contribution in [3.8, 4) is 6.07 Å². The molecule has 0 aliphatic carbocycles. The number of nitrogens with zero attached hydrogens (tertiary/aromatic N) is 3. The standard InChI is InChI=1S/C15H18BN3O2.C4H8O2/c1-14(2)15(3,4)21-16(20-14)12-6-10(8-17)7-13-11(12)9-18-19(13)5;1-2-6-4-3-5-1/h6-7,9H,1-5H3;1-4H2. The van der Waals surface area contributed by atoms with Crippen LogP contribution in [0.2, 0.25) is 0 Å². The molecule has 7 nitrogen and oxygen atoms in total. The molecule has 144 valence electrons. The van der Waals surface area contributed by atoms with Gasteiger partial charge in [0.15, 0.2) is 0 Å². The zero-order valence-electron chi connectivity index (χ0n) is 16.6. The average Bonchev–Trinajstić information content (AvgIpc) is 3.12. The van der Waals surface area contributed by atoms with Crippen LogP contribution in [0.5, 0.6) is 0 Å². The summed E-state index contributed by atoms with van der Waals surface area (Å²) in [6.07, 6.45) is 1.79. The number of nitriles is 1. The number of benzene rings is 1. The Labute approximate surface area is 160 Å². The van der Waals surface area contributed by atoms with Gasteiger partial charge >= 0.3 is 7.12 Å². The fourth-order valence-corrected chi connectivity index (χ4v) is 2.94. The summed E-state index contributed by atoms with van der Waals surface area (Å²) in [6, 6.07) is 5.85. The second-order valence-electron chi connectivity index (χ2n) is 7.69. The second-order valence-corrected chi connectivity index (χ2v) is 7.69. The van der Waals surface area contributed by atoms with Crippen LogP contribution in [0.1, 0.15) is 33.3 Å². The van der Waals surface area contributed by atoms with Crippen molar-refractivity contribution in [2.24, 2.45) is 7.05 Å². The lowest BCUT2D eigenvalue weighted by Crippen LogP contribution is -2.41. The number of aryl methyl sites for hydroxylation is 1. The Morgan fingerprint density at radius 2 is 1.59 bits per heavy atom. The number of aromatic nitrogens is 2. The first-order chi connectivity index (χ1) is 12.7. The first-order valence-corrected chi connectivity index (χ1v) is 9.12. The monoisotopic (exact) mass is 371 g/mol. The highest BCUT2D eigenvalue weighted by Crippen LogP contribution is 2.37. The number of fused-ring (bicyclic) bond motifs is 1. The molecule has 0 saturated carbocycles. The Balaban J connectivity index is 0.000000299. The smallest absolute Gasteiger partial charge is 0.399 e. The van der Waals surface area contributed by atoms with Crippen LogP contribution in [0.25, 0.3) is 10.9 Å². The molecule has 0 bridgehead atoms. The van der Waals surface area contributed by atoms with Crippen LogP contribution in [0.15, 0.2) is 18.3 Å². The van der Waals surface area contributed by atoms with Crippen LogP contribution < -0.4 is 5.46 Å². The first kappa shape index (κ1) is 19.8. The average molecular weight is 371 g/mol. The number of hydrogen-bond acceptors (Lipinski definition) is 6. The van der Waals surface area contributed by atoms with E-state index in [0.29, 0.717) is 5.56 Å². The Bertz CT molecular complexity index is 825. The van der Waals surface area contributed by atoms with Crippen molar-refractivity contribution < 1.29 is 18.8 Å². The largest absolute Gasteiger partial charge is 0.495 e. The Morgan fingerprint density at radius 1 is 1.04 bits per heavy atom. The van der Waals surface area contributed by atoms with Gasteiger partial charge in [-0.25, -0.2) is 0 Å². The predicted molar refractivity (Wildman–Crippen MR) is 103 cm³/mol. The van der Waals surface area contributed by atoms with Gasteiger partial charge in [-0.1, -0.05) is 0 Å². The van der Waals surface area contributed by atoms with Gasteiger partial charge < -0.3 is 18.8 Å². The van der Waals surface area contributed by atoms with Crippen molar-refractivity contribution in [1.82, 2.24) is 9.78 Å². The minimum Gasteiger partial charge on any atom is -0.399 e. The van der Waals surface area contributed by atoms with Gasteiger partial charge in [-0.2, -0.15) is 10.4 Å². The lowest BCUT2D eigenvalue weighted by atomic mass is 9.76. The Hall–Kier alpha value is -1.92. The quantitative estimate of drug-likeness (QED) is 0.711. The van der Waals surface area contributed by atoms with E-state index in [2.05, 4.69) is 11.2 Å². The van der Waals surface area contributed by atoms with Crippen LogP contribution in [0, 0.1) is 11.3 Å². The minimum absolute atomic E-state index is 0.408. The van der Waals surface area contributed by atoms with Crippen molar-refractivity contribution in [1.29, 1.82) is 5.26 Å². The summed E-state index contributed by atoms with van der Waals surface area (Å²) in [5.41, 5.74) is 1.52. The van der Waals surface area contributed by atoms with E-state index in [4.69, 9.17) is 18.8 Å². The lowest BCUT2D eigenvalue weighted by molar-refractivity contribution is -0.0334. The summed E-state index contributed by atoms with van der Waals surface area (Å²) in [5, 5.41) is 14.5. The van der Waals surface area contributed by atoms with E-state index in [1.807, 2.05) is 46.9 Å². The first-order valence-electron chi connectivity index (χ1n) is 9.12. The van der Waals surface area contributed by atoms with Gasteiger partial charge in [0, 0.05) is 12.4 Å². The molecule has 0 amide bonds. The van der Waals surface area contributed by atoms with Crippen LogP contribution >= 0.6 is 0 Å². The van der Waals surface area contributed by atoms with Gasteiger partial charge in [0.2, 0.25) is 0 Å². The minimum atomic E-state index is -0.491. The molecular weight excluding hydrogens is 345 g/mol. The predicted octanol–water partition coefficient (Wildman–Crippen LogP) is 1.78. The molecule has 0 N–H and O–H groups in total. The zero-order valence-corrected chi connectivity index (χ0v) is 16.6. The zero-order chi connectivity index (χ0) is 19.7. The Kier molecular flexibility index (Phi) is 5.59. The summed E-state index contributed by atoms with van der Waals surface area (Å²) in [4.78, 5) is 0. The van der Waals surface area contributed by atoms with E-state index in [-0.39, 0.29) is 0 Å². The summed E-state index contributed by atoms with van der Waals surface area (Å²) in [6.45, 7) is 11.2. The third-order valence-corrected chi connectivity index (χ3v) is 5.28. The molecule has 3 heterocycles. The van der Waals surface area contributed by atoms with Gasteiger partial charge in [-0.3, -0.25) is 4.68 Å². The van der Waals surface area contributed by atoms with Gasteiger partial charge in [0.05, 0.1) is 61.0 Å². The molecule has 2 aromatic rings. The maximum atomic E-state index is 9.24. The van der Waals surface area contributed by atoms with E-state index in [0.717, 1.165) is 42.8 Å². The fraction of sp³-hybridized carbons (Fsp3) is 0.579. The third-order valence-electron chi connectivity index (χ3n) is 5.28. The summed E-state index contributed by atoms with van der Waals surface area (Å²) >= 11 is 0. The van der Waals surface area contributed by atoms with Gasteiger partial charge in [0.1, 0.15) is 0 Å². The summed E-state index contributed by atoms with van der Waals surface area (Å²) in [7, 11) is 1.37. The van der Waals surface area contributed by atoms with Gasteiger partial charge in [-0.15, -0.1) is 0 Å². The topological polar surface area (TPSA) is 78.5 Å². The molecule has 2 aliphatic rings. The molecule has 1 aromatic carbocycles. The molecule has 0 atom stereocenters. The van der Waals surface area contributed by atoms with Crippen LogP contribution in [-0.2, 0) is 25.8 Å². The molecule has 2 aliphatic heterocycles. The summed E-state index contributed by atoms with van der Waals surface area (Å²) in [5.74, 6) is 0. The summed E-state index contributed by atoms with van der Waals surface area (Å²) < 4.78 is 23.8. The molecule has 0 unspecified atom stereocenters. The van der Waals surface area contributed by atoms with E-state index in [9.17, 15) is 5.26 Å². The van der Waals surface area contributed by atoms with E-state index >= 15 is 0 Å². The van der Waals surface area contributed by atoms with Crippen LogP contribution in [0.4, 0.5) is 0 Å². The van der Waals surface area contributed by atoms with Crippen molar-refractivity contribution in [2.45, 2.75) is 38.9 Å². The second kappa shape index (κ2) is 7.60. The van der Waals surface area contributed by atoms with Crippen LogP contribution in [-0.4, -0.2) is 54.5 Å². The van der Waals surface area contributed by atoms with Gasteiger partial charge in [-0.05, 0) is 45.3 Å². The highest BCUT2D eigenvalue weighted by atomic mass is 16.7. The number of rotatable bonds is 1. The molecule has 27 heavy (non-hydrogen) atoms. The number of hydrogen-bond donors (Lipinski definition) is 0. The van der Waals surface area contributed by atoms with Crippen LogP contribution in [0.3, 0.4) is 0 Å². The maximum Gasteiger partial charge on any atom is 0.495 e. The SMILES string of the molecule is C1COCCO1.Cn1ncc2c(B3OC(C)(C)C(C)(C)O3)cc(C#N)cc21. The Morgan fingerprint density at radius 3 is 2.07 bits per heavy atom. The fourth-order valence-electron chi connectivity index (χ4n) is 2.94. The number of ether oxygens (including phenoxy) is 2.